The van der Waals surface area contributed by atoms with Crippen molar-refractivity contribution in [3.63, 3.8) is 0 Å². The zero-order chi connectivity index (χ0) is 38.8. The lowest BCUT2D eigenvalue weighted by Gasteiger charge is -2.35. The third kappa shape index (κ3) is 15.4. The van der Waals surface area contributed by atoms with E-state index in [1.807, 2.05) is 74.5 Å². The highest BCUT2D eigenvalue weighted by Crippen LogP contribution is 2.23. The van der Waals surface area contributed by atoms with Gasteiger partial charge >= 0.3 is 12.1 Å². The Hall–Kier alpha value is -4.78. The van der Waals surface area contributed by atoms with Crippen LogP contribution in [0.15, 0.2) is 60.7 Å². The summed E-state index contributed by atoms with van der Waals surface area (Å²) in [7, 11) is 1.55. The molecule has 1 saturated heterocycles. The molecular weight excluding hydrogens is 674 g/mol. The van der Waals surface area contributed by atoms with E-state index in [0.717, 1.165) is 11.1 Å². The smallest absolute Gasteiger partial charge is 0.314 e. The molecule has 3 rings (SSSR count). The molecule has 0 bridgehead atoms. The molecule has 53 heavy (non-hydrogen) atoms. The van der Waals surface area contributed by atoms with Gasteiger partial charge in [-0.2, -0.15) is 0 Å². The number of benzene rings is 2. The average molecular weight is 734 g/mol. The third-order valence-corrected chi connectivity index (χ3v) is 9.71. The van der Waals surface area contributed by atoms with Crippen molar-refractivity contribution < 1.29 is 28.8 Å². The Morgan fingerprint density at radius 3 is 1.96 bits per heavy atom. The van der Waals surface area contributed by atoms with Gasteiger partial charge in [0, 0.05) is 57.4 Å². The predicted molar refractivity (Wildman–Crippen MR) is 205 cm³/mol. The molecule has 1 heterocycles. The van der Waals surface area contributed by atoms with Crippen molar-refractivity contribution in [2.45, 2.75) is 96.2 Å². The van der Waals surface area contributed by atoms with Gasteiger partial charge < -0.3 is 37.6 Å². The monoisotopic (exact) mass is 733 g/mol. The number of likely N-dealkylation sites (tertiary alicyclic amines) is 1. The van der Waals surface area contributed by atoms with Gasteiger partial charge in [0.2, 0.25) is 11.8 Å². The molecule has 8 N–H and O–H groups in total. The molecule has 1 fully saturated rings. The first-order valence-electron chi connectivity index (χ1n) is 18.9. The van der Waals surface area contributed by atoms with Gasteiger partial charge in [-0.25, -0.2) is 9.59 Å². The van der Waals surface area contributed by atoms with Gasteiger partial charge in [-0.3, -0.25) is 19.2 Å². The van der Waals surface area contributed by atoms with Crippen LogP contribution in [0.3, 0.4) is 0 Å². The molecule has 0 unspecified atom stereocenters. The van der Waals surface area contributed by atoms with Gasteiger partial charge in [-0.1, -0.05) is 80.9 Å². The Labute approximate surface area is 313 Å². The predicted octanol–water partition coefficient (Wildman–Crippen LogP) is 3.24. The van der Waals surface area contributed by atoms with Crippen LogP contribution in [0.1, 0.15) is 76.3 Å². The standard InChI is InChI=1S/C40H59N7O6/c1-27(2)22-34(46-37(50)31(23-28-12-6-4-7-13-28)26-35(48)33(41)24-29-14-8-5-9-15-29)36(49)25-30(16-10-11-19-44-39(42)52)38(51)47-20-17-32(18-21-47)45-40(53)43-3/h4-9,12-15,27,30-34H,10-11,16-26,41H2,1-3H3,(H,46,50)(H3,42,44,52)(H2,43,45,53)/t30-,31-,33+,34+/m0/s1. The minimum absolute atomic E-state index is 0.0543. The van der Waals surface area contributed by atoms with Gasteiger partial charge in [-0.15, -0.1) is 0 Å². The number of carbonyl (C=O) groups is 6. The number of primary amides is 1. The lowest BCUT2D eigenvalue weighted by Crippen LogP contribution is -2.50. The zero-order valence-electron chi connectivity index (χ0n) is 31.5. The first-order valence-corrected chi connectivity index (χ1v) is 18.9. The van der Waals surface area contributed by atoms with E-state index in [0.29, 0.717) is 71.0 Å². The van der Waals surface area contributed by atoms with Crippen molar-refractivity contribution in [3.05, 3.63) is 71.8 Å². The molecule has 0 radical (unpaired) electrons. The summed E-state index contributed by atoms with van der Waals surface area (Å²) < 4.78 is 0. The second-order valence-electron chi connectivity index (χ2n) is 14.5. The first-order chi connectivity index (χ1) is 25.4. The van der Waals surface area contributed by atoms with Crippen LogP contribution in [-0.2, 0) is 32.0 Å². The lowest BCUT2D eigenvalue weighted by atomic mass is 9.87. The summed E-state index contributed by atoms with van der Waals surface area (Å²) in [4.78, 5) is 80.2. The third-order valence-electron chi connectivity index (χ3n) is 9.71. The topological polar surface area (TPSA) is 206 Å². The Balaban J connectivity index is 1.76. The van der Waals surface area contributed by atoms with Crippen LogP contribution in [-0.4, -0.2) is 85.2 Å². The molecular formula is C40H59N7O6. The van der Waals surface area contributed by atoms with Crippen molar-refractivity contribution in [1.29, 1.82) is 0 Å². The number of nitrogens with one attached hydrogen (secondary N) is 4. The van der Waals surface area contributed by atoms with E-state index in [1.165, 1.54) is 0 Å². The number of Topliss-reactive ketones (excluding diaryl/α,β-unsaturated/α-hetero) is 2. The Kier molecular flexibility index (Phi) is 18.0. The van der Waals surface area contributed by atoms with Crippen molar-refractivity contribution in [2.24, 2.45) is 29.2 Å². The van der Waals surface area contributed by atoms with Crippen LogP contribution < -0.4 is 32.7 Å². The van der Waals surface area contributed by atoms with E-state index >= 15 is 0 Å². The van der Waals surface area contributed by atoms with Crippen molar-refractivity contribution in [1.82, 2.24) is 26.2 Å². The van der Waals surface area contributed by atoms with Crippen LogP contribution >= 0.6 is 0 Å². The number of amides is 6. The fraction of sp³-hybridized carbons (Fsp3) is 0.550. The minimum Gasteiger partial charge on any atom is -0.352 e. The number of unbranched alkanes of at least 4 members (excludes halogenated alkanes) is 1. The number of hydrogen-bond donors (Lipinski definition) is 6. The fourth-order valence-corrected chi connectivity index (χ4v) is 6.75. The summed E-state index contributed by atoms with van der Waals surface area (Å²) >= 11 is 0. The largest absolute Gasteiger partial charge is 0.352 e. The Morgan fingerprint density at radius 2 is 1.40 bits per heavy atom. The maximum Gasteiger partial charge on any atom is 0.314 e. The minimum atomic E-state index is -0.858. The van der Waals surface area contributed by atoms with Gasteiger partial charge in [0.1, 0.15) is 0 Å². The Bertz CT molecular complexity index is 1480. The summed E-state index contributed by atoms with van der Waals surface area (Å²) in [6, 6.07) is 16.3. The van der Waals surface area contributed by atoms with Crippen LogP contribution in [0.5, 0.6) is 0 Å². The number of carbonyl (C=O) groups excluding carboxylic acids is 6. The molecule has 0 saturated carbocycles. The molecule has 4 atom stereocenters. The molecule has 2 aromatic rings. The maximum atomic E-state index is 14.1. The van der Waals surface area contributed by atoms with E-state index in [1.54, 1.807) is 11.9 Å². The molecule has 6 amide bonds. The second kappa shape index (κ2) is 22.3. The molecule has 1 aliphatic rings. The van der Waals surface area contributed by atoms with Gasteiger partial charge in [0.25, 0.3) is 0 Å². The van der Waals surface area contributed by atoms with Gasteiger partial charge in [-0.05, 0) is 62.0 Å². The van der Waals surface area contributed by atoms with E-state index < -0.39 is 35.9 Å². The van der Waals surface area contributed by atoms with E-state index in [2.05, 4.69) is 21.3 Å². The zero-order valence-corrected chi connectivity index (χ0v) is 31.5. The summed E-state index contributed by atoms with van der Waals surface area (Å²) in [5, 5.41) is 11.0. The molecule has 0 spiro atoms. The summed E-state index contributed by atoms with van der Waals surface area (Å²) in [6.45, 7) is 5.16. The van der Waals surface area contributed by atoms with Crippen LogP contribution in [0, 0.1) is 17.8 Å². The summed E-state index contributed by atoms with van der Waals surface area (Å²) in [6.07, 6.45) is 3.60. The summed E-state index contributed by atoms with van der Waals surface area (Å²) in [5.74, 6) is -2.37. The van der Waals surface area contributed by atoms with E-state index in [-0.39, 0.29) is 48.3 Å². The number of ketones is 2. The number of urea groups is 2. The van der Waals surface area contributed by atoms with Crippen molar-refractivity contribution in [2.75, 3.05) is 26.7 Å². The molecule has 2 aromatic carbocycles. The van der Waals surface area contributed by atoms with Gasteiger partial charge in [0.05, 0.1) is 12.1 Å². The quantitative estimate of drug-likeness (QED) is 0.106. The second-order valence-corrected chi connectivity index (χ2v) is 14.5. The van der Waals surface area contributed by atoms with Crippen LogP contribution in [0.2, 0.25) is 0 Å². The number of nitrogens with zero attached hydrogens (tertiary/aromatic N) is 1. The van der Waals surface area contributed by atoms with Gasteiger partial charge in [0.15, 0.2) is 11.6 Å². The molecule has 1 aliphatic heterocycles. The Morgan fingerprint density at radius 1 is 0.811 bits per heavy atom. The molecule has 0 aromatic heterocycles. The normalized spacial score (nSPS) is 15.5. The number of rotatable bonds is 21. The van der Waals surface area contributed by atoms with E-state index in [9.17, 15) is 28.8 Å². The SMILES string of the molecule is CNC(=O)NC1CCN(C(=O)[C@@H](CCCCNC(N)=O)CC(=O)[C@@H](CC(C)C)NC(=O)[C@H](CC(=O)[C@H](N)Cc2ccccc2)Cc2ccccc2)CC1. The van der Waals surface area contributed by atoms with E-state index in [4.69, 9.17) is 11.5 Å². The molecule has 290 valence electrons. The van der Waals surface area contributed by atoms with Crippen LogP contribution in [0.4, 0.5) is 9.59 Å². The number of nitrogens with two attached hydrogens (primary N) is 2. The fourth-order valence-electron chi connectivity index (χ4n) is 6.75. The molecule has 13 nitrogen and oxygen atoms in total. The van der Waals surface area contributed by atoms with Crippen molar-refractivity contribution in [3.8, 4) is 0 Å². The van der Waals surface area contributed by atoms with Crippen LogP contribution in [0.25, 0.3) is 0 Å². The average Bonchev–Trinajstić information content (AvgIpc) is 3.14. The highest BCUT2D eigenvalue weighted by Gasteiger charge is 2.34. The maximum absolute atomic E-state index is 14.1. The number of hydrogen-bond acceptors (Lipinski definition) is 7. The lowest BCUT2D eigenvalue weighted by molar-refractivity contribution is -0.140. The molecule has 13 heteroatoms. The molecule has 0 aliphatic carbocycles. The highest BCUT2D eigenvalue weighted by molar-refractivity contribution is 5.95. The summed E-state index contributed by atoms with van der Waals surface area (Å²) in [5.41, 5.74) is 13.4. The number of piperidine rings is 1. The van der Waals surface area contributed by atoms with Crippen molar-refractivity contribution >= 4 is 35.4 Å². The highest BCUT2D eigenvalue weighted by atomic mass is 16.2. The first kappa shape index (κ1) is 42.6.